The highest BCUT2D eigenvalue weighted by Gasteiger charge is 2.29. The molecule has 0 saturated heterocycles. The first kappa shape index (κ1) is 16.3. The third kappa shape index (κ3) is 3.09. The van der Waals surface area contributed by atoms with Crippen molar-refractivity contribution in [3.8, 4) is 0 Å². The summed E-state index contributed by atoms with van der Waals surface area (Å²) in [6.45, 7) is 0. The number of fused-ring (bicyclic) bond motifs is 2. The molecule has 0 radical (unpaired) electrons. The summed E-state index contributed by atoms with van der Waals surface area (Å²) in [6.07, 6.45) is 5.49. The number of carbonyl (C=O) groups is 1. The van der Waals surface area contributed by atoms with Crippen LogP contribution in [0.1, 0.15) is 47.4 Å². The lowest BCUT2D eigenvalue weighted by molar-refractivity contribution is -0.121. The average molecular weight is 355 g/mol. The highest BCUT2D eigenvalue weighted by molar-refractivity contribution is 7.90. The van der Waals surface area contributed by atoms with Gasteiger partial charge in [0, 0.05) is 0 Å². The molecule has 1 unspecified atom stereocenters. The molecule has 2 aromatic rings. The zero-order chi connectivity index (χ0) is 17.4. The molecule has 4 nitrogen and oxygen atoms in total. The van der Waals surface area contributed by atoms with Crippen LogP contribution in [-0.2, 0) is 34.1 Å². The van der Waals surface area contributed by atoms with Crippen LogP contribution in [0.5, 0.6) is 0 Å². The molecule has 1 atom stereocenters. The van der Waals surface area contributed by atoms with Crippen molar-refractivity contribution in [1.82, 2.24) is 4.72 Å². The van der Waals surface area contributed by atoms with Gasteiger partial charge in [-0.05, 0) is 72.9 Å². The number of nitrogens with one attached hydrogen (secondary N) is 1. The van der Waals surface area contributed by atoms with Crippen LogP contribution in [0.15, 0.2) is 47.4 Å². The van der Waals surface area contributed by atoms with Crippen LogP contribution < -0.4 is 4.72 Å². The first-order valence-corrected chi connectivity index (χ1v) is 10.3. The maximum Gasteiger partial charge on any atom is 0.264 e. The number of sulfonamides is 1. The summed E-state index contributed by atoms with van der Waals surface area (Å²) in [5, 5.41) is 0. The first-order valence-electron chi connectivity index (χ1n) is 8.81. The van der Waals surface area contributed by atoms with Crippen molar-refractivity contribution in [2.45, 2.75) is 49.3 Å². The van der Waals surface area contributed by atoms with E-state index in [2.05, 4.69) is 4.72 Å². The van der Waals surface area contributed by atoms with E-state index in [1.54, 1.807) is 12.1 Å². The Labute approximate surface area is 148 Å². The van der Waals surface area contributed by atoms with Crippen LogP contribution in [0.25, 0.3) is 0 Å². The SMILES string of the molecule is O=C(NS(=O)(=O)c1ccc2c(c1)CCC2)C1CCCc2ccccc21. The summed E-state index contributed by atoms with van der Waals surface area (Å²) in [5.74, 6) is -0.818. The highest BCUT2D eigenvalue weighted by Crippen LogP contribution is 2.32. The van der Waals surface area contributed by atoms with Gasteiger partial charge in [0.15, 0.2) is 0 Å². The second-order valence-electron chi connectivity index (χ2n) is 6.90. The minimum absolute atomic E-state index is 0.186. The molecular weight excluding hydrogens is 334 g/mol. The fraction of sp³-hybridized carbons (Fsp3) is 0.350. The number of benzene rings is 2. The Morgan fingerprint density at radius 2 is 1.68 bits per heavy atom. The molecule has 5 heteroatoms. The normalized spacial score (nSPS) is 19.1. The summed E-state index contributed by atoms with van der Waals surface area (Å²) >= 11 is 0. The molecule has 0 bridgehead atoms. The lowest BCUT2D eigenvalue weighted by Crippen LogP contribution is -2.36. The Kier molecular flexibility index (Phi) is 4.12. The second kappa shape index (κ2) is 6.30. The van der Waals surface area contributed by atoms with Crippen LogP contribution in [0.2, 0.25) is 0 Å². The molecule has 2 aromatic carbocycles. The minimum Gasteiger partial charge on any atom is -0.273 e. The van der Waals surface area contributed by atoms with E-state index < -0.39 is 21.8 Å². The van der Waals surface area contributed by atoms with Crippen LogP contribution in [-0.4, -0.2) is 14.3 Å². The van der Waals surface area contributed by atoms with Gasteiger partial charge >= 0.3 is 0 Å². The van der Waals surface area contributed by atoms with Crippen LogP contribution in [0.4, 0.5) is 0 Å². The van der Waals surface area contributed by atoms with Crippen LogP contribution in [0.3, 0.4) is 0 Å². The zero-order valence-electron chi connectivity index (χ0n) is 14.0. The summed E-state index contributed by atoms with van der Waals surface area (Å²) < 4.78 is 27.6. The first-order chi connectivity index (χ1) is 12.0. The quantitative estimate of drug-likeness (QED) is 0.920. The third-order valence-corrected chi connectivity index (χ3v) is 6.65. The molecule has 0 fully saturated rings. The molecule has 2 aliphatic rings. The number of hydrogen-bond donors (Lipinski definition) is 1. The molecule has 0 heterocycles. The number of carbonyl (C=O) groups excluding carboxylic acids is 1. The number of amides is 1. The van der Waals surface area contributed by atoms with Crippen molar-refractivity contribution < 1.29 is 13.2 Å². The molecular formula is C20H21NO3S. The predicted octanol–water partition coefficient (Wildman–Crippen LogP) is 3.10. The van der Waals surface area contributed by atoms with Gasteiger partial charge in [-0.25, -0.2) is 13.1 Å². The van der Waals surface area contributed by atoms with Gasteiger partial charge in [-0.2, -0.15) is 0 Å². The largest absolute Gasteiger partial charge is 0.273 e. The van der Waals surface area contributed by atoms with Gasteiger partial charge in [-0.15, -0.1) is 0 Å². The fourth-order valence-corrected chi connectivity index (χ4v) is 5.07. The number of hydrogen-bond acceptors (Lipinski definition) is 3. The van der Waals surface area contributed by atoms with E-state index in [4.69, 9.17) is 0 Å². The Balaban J connectivity index is 1.58. The van der Waals surface area contributed by atoms with Gasteiger partial charge in [0.2, 0.25) is 5.91 Å². The van der Waals surface area contributed by atoms with E-state index in [0.717, 1.165) is 48.8 Å². The smallest absolute Gasteiger partial charge is 0.264 e. The van der Waals surface area contributed by atoms with Gasteiger partial charge in [0.25, 0.3) is 10.0 Å². The van der Waals surface area contributed by atoms with Crippen molar-refractivity contribution in [3.05, 3.63) is 64.7 Å². The van der Waals surface area contributed by atoms with Gasteiger partial charge in [0.05, 0.1) is 10.8 Å². The van der Waals surface area contributed by atoms with Crippen molar-refractivity contribution in [2.75, 3.05) is 0 Å². The topological polar surface area (TPSA) is 63.2 Å². The summed E-state index contributed by atoms with van der Waals surface area (Å²) in [7, 11) is -3.83. The van der Waals surface area contributed by atoms with E-state index in [9.17, 15) is 13.2 Å². The molecule has 4 rings (SSSR count). The zero-order valence-corrected chi connectivity index (χ0v) is 14.8. The van der Waals surface area contributed by atoms with Gasteiger partial charge in [-0.3, -0.25) is 4.79 Å². The van der Waals surface area contributed by atoms with Crippen molar-refractivity contribution in [1.29, 1.82) is 0 Å². The van der Waals surface area contributed by atoms with Gasteiger partial charge < -0.3 is 0 Å². The minimum atomic E-state index is -3.83. The standard InChI is InChI=1S/C20H21NO3S/c22-20(19-10-4-7-15-5-1-2-9-18(15)19)21-25(23,24)17-12-11-14-6-3-8-16(14)13-17/h1-2,5,9,11-13,19H,3-4,6-8,10H2,(H,21,22). The molecule has 0 spiro atoms. The summed E-state index contributed by atoms with van der Waals surface area (Å²) in [4.78, 5) is 12.9. The molecule has 1 amide bonds. The van der Waals surface area contributed by atoms with E-state index in [0.29, 0.717) is 6.42 Å². The Bertz CT molecular complexity index is 934. The number of rotatable bonds is 3. The van der Waals surface area contributed by atoms with Crippen molar-refractivity contribution in [2.24, 2.45) is 0 Å². The molecule has 2 aliphatic carbocycles. The second-order valence-corrected chi connectivity index (χ2v) is 8.58. The van der Waals surface area contributed by atoms with Crippen LogP contribution >= 0.6 is 0 Å². The molecule has 25 heavy (non-hydrogen) atoms. The predicted molar refractivity (Wildman–Crippen MR) is 95.9 cm³/mol. The molecule has 1 N–H and O–H groups in total. The number of aryl methyl sites for hydroxylation is 3. The maximum atomic E-state index is 12.7. The van der Waals surface area contributed by atoms with Gasteiger partial charge in [0.1, 0.15) is 0 Å². The lowest BCUT2D eigenvalue weighted by Gasteiger charge is -2.24. The summed E-state index contributed by atoms with van der Waals surface area (Å²) in [5.41, 5.74) is 4.39. The third-order valence-electron chi connectivity index (χ3n) is 5.30. The Morgan fingerprint density at radius 1 is 0.920 bits per heavy atom. The molecule has 130 valence electrons. The average Bonchev–Trinajstić information content (AvgIpc) is 3.08. The van der Waals surface area contributed by atoms with E-state index in [1.807, 2.05) is 30.3 Å². The Hall–Kier alpha value is -2.14. The molecule has 0 saturated carbocycles. The van der Waals surface area contributed by atoms with E-state index in [-0.39, 0.29) is 4.90 Å². The van der Waals surface area contributed by atoms with E-state index in [1.165, 1.54) is 5.56 Å². The van der Waals surface area contributed by atoms with Crippen LogP contribution in [0, 0.1) is 0 Å². The van der Waals surface area contributed by atoms with Crippen molar-refractivity contribution >= 4 is 15.9 Å². The molecule has 0 aliphatic heterocycles. The van der Waals surface area contributed by atoms with Gasteiger partial charge in [-0.1, -0.05) is 30.3 Å². The monoisotopic (exact) mass is 355 g/mol. The Morgan fingerprint density at radius 3 is 2.56 bits per heavy atom. The highest BCUT2D eigenvalue weighted by atomic mass is 32.2. The van der Waals surface area contributed by atoms with E-state index >= 15 is 0 Å². The molecule has 0 aromatic heterocycles. The van der Waals surface area contributed by atoms with Crippen molar-refractivity contribution in [3.63, 3.8) is 0 Å². The summed E-state index contributed by atoms with van der Waals surface area (Å²) in [6, 6.07) is 13.0. The lowest BCUT2D eigenvalue weighted by atomic mass is 9.82. The maximum absolute atomic E-state index is 12.7. The fourth-order valence-electron chi connectivity index (χ4n) is 4.00.